The van der Waals surface area contributed by atoms with Crippen LogP contribution in [0.5, 0.6) is 0 Å². The molecule has 0 aromatic carbocycles. The number of carbonyl (C=O) groups excluding carboxylic acids is 1. The lowest BCUT2D eigenvalue weighted by Gasteiger charge is -2.21. The minimum Gasteiger partial charge on any atom is -0.336 e. The van der Waals surface area contributed by atoms with Crippen LogP contribution in [0.15, 0.2) is 17.6 Å². The molecule has 0 radical (unpaired) electrons. The van der Waals surface area contributed by atoms with Gasteiger partial charge in [0.2, 0.25) is 0 Å². The molecule has 1 saturated heterocycles. The van der Waals surface area contributed by atoms with Gasteiger partial charge in [-0.05, 0) is 25.8 Å². The van der Waals surface area contributed by atoms with Crippen LogP contribution in [0.25, 0.3) is 0 Å². The smallest absolute Gasteiger partial charge is 0.272 e. The predicted octanol–water partition coefficient (Wildman–Crippen LogP) is 2.15. The molecule has 2 aromatic rings. The first-order valence-corrected chi connectivity index (χ1v) is 9.28. The van der Waals surface area contributed by atoms with E-state index in [0.29, 0.717) is 11.5 Å². The van der Waals surface area contributed by atoms with Gasteiger partial charge in [0, 0.05) is 44.3 Å². The molecule has 24 heavy (non-hydrogen) atoms. The van der Waals surface area contributed by atoms with E-state index in [2.05, 4.69) is 32.2 Å². The average Bonchev–Trinajstić information content (AvgIpc) is 2.91. The number of hydrogen-bond donors (Lipinski definition) is 0. The van der Waals surface area contributed by atoms with Crippen molar-refractivity contribution in [1.29, 1.82) is 0 Å². The Balaban J connectivity index is 1.59. The van der Waals surface area contributed by atoms with Crippen molar-refractivity contribution in [2.24, 2.45) is 0 Å². The Morgan fingerprint density at radius 2 is 2.12 bits per heavy atom. The van der Waals surface area contributed by atoms with E-state index in [1.54, 1.807) is 30.5 Å². The quantitative estimate of drug-likeness (QED) is 0.850. The summed E-state index contributed by atoms with van der Waals surface area (Å²) in [5.41, 5.74) is 1.63. The van der Waals surface area contributed by atoms with Gasteiger partial charge in [0.05, 0.1) is 10.7 Å². The first-order chi connectivity index (χ1) is 11.7. The minimum absolute atomic E-state index is 0.00396. The van der Waals surface area contributed by atoms with Gasteiger partial charge in [0.1, 0.15) is 11.5 Å². The number of nitrogens with zero attached hydrogens (tertiary/aromatic N) is 5. The van der Waals surface area contributed by atoms with E-state index in [1.165, 1.54) is 5.01 Å². The molecule has 0 aliphatic carbocycles. The highest BCUT2D eigenvalue weighted by molar-refractivity contribution is 7.09. The van der Waals surface area contributed by atoms with Gasteiger partial charge in [-0.15, -0.1) is 11.3 Å². The summed E-state index contributed by atoms with van der Waals surface area (Å²) in [4.78, 5) is 29.9. The second-order valence-electron chi connectivity index (χ2n) is 6.00. The Bertz CT molecular complexity index is 702. The summed E-state index contributed by atoms with van der Waals surface area (Å²) in [7, 11) is 0. The van der Waals surface area contributed by atoms with Crippen molar-refractivity contribution in [2.45, 2.75) is 33.2 Å². The van der Waals surface area contributed by atoms with Crippen LogP contribution in [0.4, 0.5) is 0 Å². The van der Waals surface area contributed by atoms with Crippen LogP contribution in [0.3, 0.4) is 0 Å². The molecule has 1 fully saturated rings. The monoisotopic (exact) mass is 345 g/mol. The normalized spacial score (nSPS) is 16.2. The Hall–Kier alpha value is -1.86. The molecular weight excluding hydrogens is 322 g/mol. The van der Waals surface area contributed by atoms with Crippen LogP contribution < -0.4 is 0 Å². The van der Waals surface area contributed by atoms with Gasteiger partial charge in [0.25, 0.3) is 5.91 Å². The van der Waals surface area contributed by atoms with Crippen molar-refractivity contribution in [3.05, 3.63) is 39.9 Å². The van der Waals surface area contributed by atoms with Crippen LogP contribution in [0.1, 0.15) is 40.4 Å². The van der Waals surface area contributed by atoms with Gasteiger partial charge in [-0.2, -0.15) is 0 Å². The van der Waals surface area contributed by atoms with E-state index in [1.807, 2.05) is 4.90 Å². The van der Waals surface area contributed by atoms with E-state index < -0.39 is 0 Å². The summed E-state index contributed by atoms with van der Waals surface area (Å²) in [5, 5.41) is 3.34. The predicted molar refractivity (Wildman–Crippen MR) is 94.1 cm³/mol. The van der Waals surface area contributed by atoms with Crippen molar-refractivity contribution in [2.75, 3.05) is 26.2 Å². The summed E-state index contributed by atoms with van der Waals surface area (Å²) in [6.07, 6.45) is 3.61. The fourth-order valence-electron chi connectivity index (χ4n) is 2.88. The van der Waals surface area contributed by atoms with Crippen molar-refractivity contribution in [3.63, 3.8) is 0 Å². The highest BCUT2D eigenvalue weighted by Gasteiger charge is 2.21. The topological polar surface area (TPSA) is 62.2 Å². The van der Waals surface area contributed by atoms with Crippen LogP contribution in [0, 0.1) is 6.92 Å². The highest BCUT2D eigenvalue weighted by atomic mass is 32.1. The molecule has 7 heteroatoms. The lowest BCUT2D eigenvalue weighted by Crippen LogP contribution is -2.35. The number of aromatic nitrogens is 3. The van der Waals surface area contributed by atoms with Gasteiger partial charge in [-0.1, -0.05) is 6.92 Å². The van der Waals surface area contributed by atoms with Gasteiger partial charge >= 0.3 is 0 Å². The second kappa shape index (κ2) is 7.81. The summed E-state index contributed by atoms with van der Waals surface area (Å²) < 4.78 is 0. The molecule has 1 aliphatic heterocycles. The fourth-order valence-corrected chi connectivity index (χ4v) is 3.62. The molecular formula is C17H23N5OS. The summed E-state index contributed by atoms with van der Waals surface area (Å²) in [6.45, 7) is 8.17. The molecule has 128 valence electrons. The Morgan fingerprint density at radius 1 is 1.25 bits per heavy atom. The van der Waals surface area contributed by atoms with Crippen LogP contribution in [-0.4, -0.2) is 56.8 Å². The number of rotatable bonds is 4. The van der Waals surface area contributed by atoms with E-state index in [-0.39, 0.29) is 5.91 Å². The molecule has 2 aromatic heterocycles. The third-order valence-electron chi connectivity index (χ3n) is 4.16. The molecule has 6 nitrogen and oxygen atoms in total. The van der Waals surface area contributed by atoms with E-state index in [9.17, 15) is 4.79 Å². The first kappa shape index (κ1) is 17.0. The molecule has 0 saturated carbocycles. The largest absolute Gasteiger partial charge is 0.336 e. The Kier molecular flexibility index (Phi) is 5.52. The number of hydrogen-bond acceptors (Lipinski definition) is 6. The standard InChI is InChI=1S/C17H23N5OS/c1-3-16-20-14(12-24-16)11-21-7-4-8-22(10-9-21)17(23)15-5-6-18-13(2)19-15/h5-6,12H,3-4,7-11H2,1-2H3. The maximum Gasteiger partial charge on any atom is 0.272 e. The molecule has 3 rings (SSSR count). The number of thiazole rings is 1. The van der Waals surface area contributed by atoms with E-state index in [4.69, 9.17) is 0 Å². The van der Waals surface area contributed by atoms with Crippen molar-refractivity contribution >= 4 is 17.2 Å². The van der Waals surface area contributed by atoms with Gasteiger partial charge in [0.15, 0.2) is 0 Å². The lowest BCUT2D eigenvalue weighted by atomic mass is 10.3. The minimum atomic E-state index is 0.00396. The van der Waals surface area contributed by atoms with Gasteiger partial charge in [-0.3, -0.25) is 9.69 Å². The summed E-state index contributed by atoms with van der Waals surface area (Å²) >= 11 is 1.73. The SMILES string of the molecule is CCc1nc(CN2CCCN(C(=O)c3ccnc(C)n3)CC2)cs1. The third-order valence-corrected chi connectivity index (χ3v) is 5.20. The second-order valence-corrected chi connectivity index (χ2v) is 6.94. The third kappa shape index (κ3) is 4.15. The Labute approximate surface area is 146 Å². The highest BCUT2D eigenvalue weighted by Crippen LogP contribution is 2.14. The fraction of sp³-hybridized carbons (Fsp3) is 0.529. The van der Waals surface area contributed by atoms with E-state index in [0.717, 1.165) is 51.3 Å². The van der Waals surface area contributed by atoms with Crippen LogP contribution in [-0.2, 0) is 13.0 Å². The number of carbonyl (C=O) groups is 1. The maximum atomic E-state index is 12.6. The molecule has 0 unspecified atom stereocenters. The van der Waals surface area contributed by atoms with Crippen LogP contribution in [0.2, 0.25) is 0 Å². The molecule has 0 spiro atoms. The first-order valence-electron chi connectivity index (χ1n) is 8.40. The molecule has 1 aliphatic rings. The summed E-state index contributed by atoms with van der Waals surface area (Å²) in [6, 6.07) is 1.69. The molecule has 3 heterocycles. The van der Waals surface area contributed by atoms with Crippen LogP contribution >= 0.6 is 11.3 Å². The zero-order valence-electron chi connectivity index (χ0n) is 14.2. The maximum absolute atomic E-state index is 12.6. The molecule has 0 bridgehead atoms. The molecule has 0 atom stereocenters. The average molecular weight is 345 g/mol. The van der Waals surface area contributed by atoms with Crippen molar-refractivity contribution in [3.8, 4) is 0 Å². The number of amides is 1. The zero-order valence-corrected chi connectivity index (χ0v) is 15.1. The molecule has 0 N–H and O–H groups in total. The summed E-state index contributed by atoms with van der Waals surface area (Å²) in [5.74, 6) is 0.636. The van der Waals surface area contributed by atoms with Crippen molar-refractivity contribution < 1.29 is 4.79 Å². The van der Waals surface area contributed by atoms with E-state index >= 15 is 0 Å². The zero-order chi connectivity index (χ0) is 16.9. The van der Waals surface area contributed by atoms with Gasteiger partial charge in [-0.25, -0.2) is 15.0 Å². The van der Waals surface area contributed by atoms with Crippen molar-refractivity contribution in [1.82, 2.24) is 24.8 Å². The van der Waals surface area contributed by atoms with Gasteiger partial charge < -0.3 is 4.90 Å². The Morgan fingerprint density at radius 3 is 2.88 bits per heavy atom. The lowest BCUT2D eigenvalue weighted by molar-refractivity contribution is 0.0754. The molecule has 1 amide bonds. The number of aryl methyl sites for hydroxylation is 2.